The van der Waals surface area contributed by atoms with Crippen molar-refractivity contribution in [2.24, 2.45) is 0 Å². The molecule has 0 aromatic carbocycles. The number of halogens is 1. The number of amides is 1. The molecule has 0 radical (unpaired) electrons. The number of hydrogen-bond acceptors (Lipinski definition) is 3. The second-order valence-electron chi connectivity index (χ2n) is 3.40. The first-order valence-electron chi connectivity index (χ1n) is 4.61. The van der Waals surface area contributed by atoms with Gasteiger partial charge in [-0.3, -0.25) is 4.79 Å². The molecular weight excluding hydrogens is 220 g/mol. The number of thiazole rings is 1. The largest absolute Gasteiger partial charge is 0.353 e. The summed E-state index contributed by atoms with van der Waals surface area (Å²) in [4.78, 5) is 15.5. The van der Waals surface area contributed by atoms with Crippen molar-refractivity contribution in [2.75, 3.05) is 0 Å². The van der Waals surface area contributed by atoms with E-state index in [0.29, 0.717) is 10.8 Å². The van der Waals surface area contributed by atoms with Crippen LogP contribution >= 0.6 is 22.9 Å². The highest BCUT2D eigenvalue weighted by atomic mass is 35.5. The maximum Gasteiger partial charge on any atom is 0.221 e. The summed E-state index contributed by atoms with van der Waals surface area (Å²) in [6.07, 6.45) is 3.13. The second-order valence-corrected chi connectivity index (χ2v) is 5.09. The van der Waals surface area contributed by atoms with E-state index in [1.54, 1.807) is 6.20 Å². The molecule has 1 saturated heterocycles. The lowest BCUT2D eigenvalue weighted by molar-refractivity contribution is -0.119. The van der Waals surface area contributed by atoms with Crippen molar-refractivity contribution < 1.29 is 4.79 Å². The van der Waals surface area contributed by atoms with Gasteiger partial charge in [-0.25, -0.2) is 4.98 Å². The van der Waals surface area contributed by atoms with E-state index in [9.17, 15) is 4.79 Å². The maximum atomic E-state index is 11.2. The normalized spacial score (nSPS) is 26.6. The predicted octanol–water partition coefficient (Wildman–Crippen LogP) is 2.18. The van der Waals surface area contributed by atoms with Gasteiger partial charge in [-0.05, 0) is 6.42 Å². The van der Waals surface area contributed by atoms with E-state index >= 15 is 0 Å². The Morgan fingerprint density at radius 3 is 3.14 bits per heavy atom. The molecule has 1 aliphatic heterocycles. The highest BCUT2D eigenvalue weighted by Gasteiger charge is 2.33. The van der Waals surface area contributed by atoms with Crippen molar-refractivity contribution in [3.8, 4) is 0 Å². The van der Waals surface area contributed by atoms with E-state index < -0.39 is 0 Å². The quantitative estimate of drug-likeness (QED) is 0.846. The van der Waals surface area contributed by atoms with Gasteiger partial charge in [0.2, 0.25) is 5.91 Å². The number of nitrogens with zero attached hydrogens (tertiary/aromatic N) is 1. The minimum atomic E-state index is 0.119. The summed E-state index contributed by atoms with van der Waals surface area (Å²) >= 11 is 7.29. The monoisotopic (exact) mass is 230 g/mol. The molecule has 1 amide bonds. The average molecular weight is 231 g/mol. The molecule has 2 rings (SSSR count). The van der Waals surface area contributed by atoms with Crippen LogP contribution in [0.15, 0.2) is 6.20 Å². The first kappa shape index (κ1) is 9.93. The van der Waals surface area contributed by atoms with Gasteiger partial charge in [0, 0.05) is 18.4 Å². The Labute approximate surface area is 91.5 Å². The second kappa shape index (κ2) is 3.87. The van der Waals surface area contributed by atoms with E-state index in [2.05, 4.69) is 17.2 Å². The standard InChI is InChI=1S/C9H11ClN2OS/c1-2-6-5(3-8(13)12-6)9-11-4-7(10)14-9/h4-6H,2-3H2,1H3,(H,12,13). The zero-order chi connectivity index (χ0) is 10.1. The molecule has 1 aliphatic rings. The first-order chi connectivity index (χ1) is 6.70. The zero-order valence-corrected chi connectivity index (χ0v) is 9.36. The van der Waals surface area contributed by atoms with Crippen LogP contribution in [0.2, 0.25) is 4.34 Å². The molecule has 2 heterocycles. The number of nitrogens with one attached hydrogen (secondary N) is 1. The minimum Gasteiger partial charge on any atom is -0.353 e. The average Bonchev–Trinajstić information content (AvgIpc) is 2.71. The van der Waals surface area contributed by atoms with Gasteiger partial charge in [0.15, 0.2) is 0 Å². The Bertz CT molecular complexity index is 352. The number of carbonyl (C=O) groups is 1. The summed E-state index contributed by atoms with van der Waals surface area (Å²) < 4.78 is 0.689. The number of hydrogen-bond donors (Lipinski definition) is 1. The van der Waals surface area contributed by atoms with Gasteiger partial charge in [-0.1, -0.05) is 18.5 Å². The van der Waals surface area contributed by atoms with Gasteiger partial charge < -0.3 is 5.32 Å². The summed E-state index contributed by atoms with van der Waals surface area (Å²) in [6, 6.07) is 0.227. The van der Waals surface area contributed by atoms with Crippen molar-refractivity contribution in [2.45, 2.75) is 31.7 Å². The van der Waals surface area contributed by atoms with Crippen LogP contribution in [0, 0.1) is 0 Å². The Morgan fingerprint density at radius 2 is 2.57 bits per heavy atom. The summed E-state index contributed by atoms with van der Waals surface area (Å²) in [5.74, 6) is 0.332. The molecule has 0 spiro atoms. The summed E-state index contributed by atoms with van der Waals surface area (Å²) in [5.41, 5.74) is 0. The fourth-order valence-electron chi connectivity index (χ4n) is 1.79. The van der Waals surface area contributed by atoms with Gasteiger partial charge in [-0.2, -0.15) is 0 Å². The topological polar surface area (TPSA) is 42.0 Å². The summed E-state index contributed by atoms with van der Waals surface area (Å²) in [5, 5.41) is 3.92. The van der Waals surface area contributed by atoms with Gasteiger partial charge >= 0.3 is 0 Å². The van der Waals surface area contributed by atoms with Gasteiger partial charge in [0.05, 0.1) is 11.2 Å². The lowest BCUT2D eigenvalue weighted by Crippen LogP contribution is -2.27. The van der Waals surface area contributed by atoms with Crippen LogP contribution in [0.25, 0.3) is 0 Å². The molecule has 0 bridgehead atoms. The Morgan fingerprint density at radius 1 is 1.79 bits per heavy atom. The molecule has 1 N–H and O–H groups in total. The predicted molar refractivity (Wildman–Crippen MR) is 56.7 cm³/mol. The number of aromatic nitrogens is 1. The Hall–Kier alpha value is -0.610. The van der Waals surface area contributed by atoms with E-state index in [1.807, 2.05) is 0 Å². The fourth-order valence-corrected chi connectivity index (χ4v) is 2.89. The van der Waals surface area contributed by atoms with E-state index in [-0.39, 0.29) is 17.9 Å². The van der Waals surface area contributed by atoms with Crippen molar-refractivity contribution in [1.29, 1.82) is 0 Å². The molecule has 5 heteroatoms. The molecule has 14 heavy (non-hydrogen) atoms. The van der Waals surface area contributed by atoms with Gasteiger partial charge in [0.25, 0.3) is 0 Å². The smallest absolute Gasteiger partial charge is 0.221 e. The van der Waals surface area contributed by atoms with Crippen molar-refractivity contribution in [3.63, 3.8) is 0 Å². The first-order valence-corrected chi connectivity index (χ1v) is 5.80. The lowest BCUT2D eigenvalue weighted by Gasteiger charge is -2.13. The van der Waals surface area contributed by atoms with E-state index in [4.69, 9.17) is 11.6 Å². The fraction of sp³-hybridized carbons (Fsp3) is 0.556. The van der Waals surface area contributed by atoms with Gasteiger partial charge in [0.1, 0.15) is 4.34 Å². The molecular formula is C9H11ClN2OS. The van der Waals surface area contributed by atoms with E-state index in [1.165, 1.54) is 11.3 Å². The van der Waals surface area contributed by atoms with Crippen LogP contribution in [-0.2, 0) is 4.79 Å². The molecule has 0 saturated carbocycles. The highest BCUT2D eigenvalue weighted by Crippen LogP contribution is 2.33. The van der Waals surface area contributed by atoms with E-state index in [0.717, 1.165) is 11.4 Å². The highest BCUT2D eigenvalue weighted by molar-refractivity contribution is 7.15. The maximum absolute atomic E-state index is 11.2. The van der Waals surface area contributed by atoms with Crippen LogP contribution in [0.5, 0.6) is 0 Å². The summed E-state index contributed by atoms with van der Waals surface area (Å²) in [6.45, 7) is 2.07. The molecule has 2 atom stereocenters. The third kappa shape index (κ3) is 1.77. The third-order valence-corrected chi connectivity index (χ3v) is 3.74. The molecule has 76 valence electrons. The molecule has 3 nitrogen and oxygen atoms in total. The number of rotatable bonds is 2. The van der Waals surface area contributed by atoms with Crippen molar-refractivity contribution >= 4 is 28.8 Å². The zero-order valence-electron chi connectivity index (χ0n) is 7.79. The summed E-state index contributed by atoms with van der Waals surface area (Å²) in [7, 11) is 0. The molecule has 1 aromatic rings. The van der Waals surface area contributed by atoms with Crippen LogP contribution < -0.4 is 5.32 Å². The molecule has 1 fully saturated rings. The lowest BCUT2D eigenvalue weighted by atomic mass is 10.00. The molecule has 0 aliphatic carbocycles. The molecule has 1 aromatic heterocycles. The van der Waals surface area contributed by atoms with Crippen LogP contribution in [-0.4, -0.2) is 16.9 Å². The van der Waals surface area contributed by atoms with Gasteiger partial charge in [-0.15, -0.1) is 11.3 Å². The van der Waals surface area contributed by atoms with Crippen molar-refractivity contribution in [1.82, 2.24) is 10.3 Å². The van der Waals surface area contributed by atoms with Crippen molar-refractivity contribution in [3.05, 3.63) is 15.5 Å². The van der Waals surface area contributed by atoms with Crippen LogP contribution in [0.4, 0.5) is 0 Å². The van der Waals surface area contributed by atoms with Crippen LogP contribution in [0.3, 0.4) is 0 Å². The SMILES string of the molecule is CCC1NC(=O)CC1c1ncc(Cl)s1. The Kier molecular flexibility index (Phi) is 2.74. The number of carbonyl (C=O) groups excluding carboxylic acids is 1. The van der Waals surface area contributed by atoms with Crippen LogP contribution in [0.1, 0.15) is 30.7 Å². The molecule has 2 unspecified atom stereocenters. The minimum absolute atomic E-state index is 0.119. The third-order valence-electron chi connectivity index (χ3n) is 2.49. The Balaban J connectivity index is 2.21.